The number of hydrogen-bond donors (Lipinski definition) is 1. The number of methoxy groups -OCH3 is 1. The van der Waals surface area contributed by atoms with Crippen molar-refractivity contribution >= 4 is 5.96 Å². The van der Waals surface area contributed by atoms with Crippen molar-refractivity contribution in [2.24, 2.45) is 10.7 Å². The molecule has 128 valence electrons. The van der Waals surface area contributed by atoms with Crippen LogP contribution in [0.3, 0.4) is 0 Å². The van der Waals surface area contributed by atoms with Crippen molar-refractivity contribution in [2.45, 2.75) is 31.7 Å². The van der Waals surface area contributed by atoms with E-state index in [9.17, 15) is 0 Å². The van der Waals surface area contributed by atoms with E-state index in [1.165, 1.54) is 31.2 Å². The summed E-state index contributed by atoms with van der Waals surface area (Å²) in [6, 6.07) is 8.40. The minimum absolute atomic E-state index is 0.214. The molecule has 0 saturated carbocycles. The highest BCUT2D eigenvalue weighted by Gasteiger charge is 2.16. The van der Waals surface area contributed by atoms with E-state index in [0.29, 0.717) is 12.5 Å². The fourth-order valence-corrected chi connectivity index (χ4v) is 2.97. The van der Waals surface area contributed by atoms with Crippen molar-refractivity contribution in [2.75, 3.05) is 40.8 Å². The van der Waals surface area contributed by atoms with Gasteiger partial charge in [0.1, 0.15) is 5.75 Å². The van der Waals surface area contributed by atoms with Gasteiger partial charge in [-0.3, -0.25) is 4.99 Å². The Morgan fingerprint density at radius 2 is 1.78 bits per heavy atom. The molecule has 0 aliphatic carbocycles. The molecule has 5 nitrogen and oxygen atoms in total. The predicted molar refractivity (Wildman–Crippen MR) is 96.0 cm³/mol. The number of hydrogen-bond acceptors (Lipinski definition) is 3. The van der Waals surface area contributed by atoms with Crippen molar-refractivity contribution < 1.29 is 4.74 Å². The second-order valence-electron chi connectivity index (χ2n) is 6.35. The van der Waals surface area contributed by atoms with Gasteiger partial charge in [-0.05, 0) is 44.6 Å². The number of aliphatic imine (C=N–C) groups is 1. The zero-order valence-electron chi connectivity index (χ0n) is 14.7. The van der Waals surface area contributed by atoms with Crippen molar-refractivity contribution in [1.29, 1.82) is 0 Å². The smallest absolute Gasteiger partial charge is 0.191 e. The Morgan fingerprint density at radius 3 is 2.30 bits per heavy atom. The molecule has 1 fully saturated rings. The molecule has 0 radical (unpaired) electrons. The van der Waals surface area contributed by atoms with Gasteiger partial charge in [-0.1, -0.05) is 25.0 Å². The third kappa shape index (κ3) is 5.13. The second kappa shape index (κ2) is 8.77. The van der Waals surface area contributed by atoms with Gasteiger partial charge in [-0.25, -0.2) is 0 Å². The highest BCUT2D eigenvalue weighted by Crippen LogP contribution is 2.21. The second-order valence-corrected chi connectivity index (χ2v) is 6.35. The molecular weight excluding hydrogens is 288 g/mol. The number of likely N-dealkylation sites (N-methyl/N-ethyl adjacent to an activating group) is 1. The summed E-state index contributed by atoms with van der Waals surface area (Å²) >= 11 is 0. The Bertz CT molecular complexity index is 490. The Hall–Kier alpha value is -1.75. The first kappa shape index (κ1) is 17.6. The first-order valence-electron chi connectivity index (χ1n) is 8.47. The van der Waals surface area contributed by atoms with Gasteiger partial charge in [-0.2, -0.15) is 0 Å². The summed E-state index contributed by atoms with van der Waals surface area (Å²) in [7, 11) is 5.84. The lowest BCUT2D eigenvalue weighted by atomic mass is 10.1. The van der Waals surface area contributed by atoms with E-state index in [4.69, 9.17) is 10.5 Å². The zero-order valence-corrected chi connectivity index (χ0v) is 14.7. The Kier molecular flexibility index (Phi) is 6.71. The number of likely N-dealkylation sites (tertiary alicyclic amines) is 1. The molecule has 0 spiro atoms. The molecule has 23 heavy (non-hydrogen) atoms. The van der Waals surface area contributed by atoms with Crippen LogP contribution in [-0.2, 0) is 0 Å². The molecule has 1 aromatic rings. The quantitative estimate of drug-likeness (QED) is 0.669. The molecule has 1 saturated heterocycles. The maximum absolute atomic E-state index is 6.23. The van der Waals surface area contributed by atoms with Crippen molar-refractivity contribution in [3.05, 3.63) is 29.8 Å². The summed E-state index contributed by atoms with van der Waals surface area (Å²) in [6.07, 6.45) is 5.03. The first-order valence-corrected chi connectivity index (χ1v) is 8.47. The van der Waals surface area contributed by atoms with Crippen LogP contribution in [0.25, 0.3) is 0 Å². The van der Waals surface area contributed by atoms with E-state index >= 15 is 0 Å². The highest BCUT2D eigenvalue weighted by atomic mass is 16.5. The van der Waals surface area contributed by atoms with Gasteiger partial charge in [0.05, 0.1) is 19.7 Å². The van der Waals surface area contributed by atoms with Gasteiger partial charge < -0.3 is 20.3 Å². The van der Waals surface area contributed by atoms with Crippen molar-refractivity contribution in [3.63, 3.8) is 0 Å². The average molecular weight is 318 g/mol. The van der Waals surface area contributed by atoms with Crippen LogP contribution in [0, 0.1) is 0 Å². The number of benzene rings is 1. The molecule has 0 bridgehead atoms. The number of guanidine groups is 1. The van der Waals surface area contributed by atoms with E-state index in [0.717, 1.165) is 18.8 Å². The number of ether oxygens (including phenoxy) is 1. The molecular formula is C18H30N4O. The topological polar surface area (TPSA) is 54.1 Å². The molecule has 0 aromatic heterocycles. The number of rotatable bonds is 5. The molecule has 1 heterocycles. The monoisotopic (exact) mass is 318 g/mol. The summed E-state index contributed by atoms with van der Waals surface area (Å²) in [5.41, 5.74) is 7.45. The molecule has 5 heteroatoms. The van der Waals surface area contributed by atoms with E-state index in [-0.39, 0.29) is 6.04 Å². The lowest BCUT2D eigenvalue weighted by molar-refractivity contribution is 0.304. The number of nitrogens with two attached hydrogens (primary N) is 1. The van der Waals surface area contributed by atoms with Gasteiger partial charge >= 0.3 is 0 Å². The Labute approximate surface area is 140 Å². The highest BCUT2D eigenvalue weighted by molar-refractivity contribution is 5.78. The maximum atomic E-state index is 6.23. The lowest BCUT2D eigenvalue weighted by Gasteiger charge is -2.25. The van der Waals surface area contributed by atoms with Gasteiger partial charge in [0.2, 0.25) is 0 Å². The Balaban J connectivity index is 2.04. The minimum atomic E-state index is 0.214. The third-order valence-electron chi connectivity index (χ3n) is 4.48. The molecule has 1 aromatic carbocycles. The van der Waals surface area contributed by atoms with Gasteiger partial charge in [-0.15, -0.1) is 0 Å². The summed E-state index contributed by atoms with van der Waals surface area (Å²) < 4.78 is 5.23. The first-order chi connectivity index (χ1) is 11.1. The van der Waals surface area contributed by atoms with Crippen LogP contribution in [0.2, 0.25) is 0 Å². The van der Waals surface area contributed by atoms with Crippen LogP contribution in [0.5, 0.6) is 5.75 Å². The van der Waals surface area contributed by atoms with Gasteiger partial charge in [0.25, 0.3) is 0 Å². The van der Waals surface area contributed by atoms with Crippen LogP contribution >= 0.6 is 0 Å². The van der Waals surface area contributed by atoms with Crippen molar-refractivity contribution in [3.8, 4) is 5.75 Å². The normalized spacial score (nSPS) is 17.9. The van der Waals surface area contributed by atoms with Gasteiger partial charge in [0.15, 0.2) is 5.96 Å². The van der Waals surface area contributed by atoms with Gasteiger partial charge in [0, 0.05) is 13.1 Å². The summed E-state index contributed by atoms with van der Waals surface area (Å²) in [4.78, 5) is 9.09. The van der Waals surface area contributed by atoms with Crippen LogP contribution in [0.1, 0.15) is 37.3 Å². The van der Waals surface area contributed by atoms with Crippen LogP contribution in [-0.4, -0.2) is 56.6 Å². The van der Waals surface area contributed by atoms with E-state index in [1.807, 2.05) is 12.1 Å². The maximum Gasteiger partial charge on any atom is 0.191 e. The zero-order chi connectivity index (χ0) is 16.7. The molecule has 1 aliphatic heterocycles. The SMILES string of the molecule is COc1ccc(C(CN=C(N)N2CCCCCC2)N(C)C)cc1. The minimum Gasteiger partial charge on any atom is -0.497 e. The summed E-state index contributed by atoms with van der Waals surface area (Å²) in [5, 5.41) is 0. The largest absolute Gasteiger partial charge is 0.497 e. The van der Waals surface area contributed by atoms with Crippen LogP contribution in [0.4, 0.5) is 0 Å². The van der Waals surface area contributed by atoms with E-state index < -0.39 is 0 Å². The summed E-state index contributed by atoms with van der Waals surface area (Å²) in [6.45, 7) is 2.73. The van der Waals surface area contributed by atoms with E-state index in [1.54, 1.807) is 7.11 Å². The summed E-state index contributed by atoms with van der Waals surface area (Å²) in [5.74, 6) is 1.56. The molecule has 1 unspecified atom stereocenters. The molecule has 1 aliphatic rings. The Morgan fingerprint density at radius 1 is 1.17 bits per heavy atom. The van der Waals surface area contributed by atoms with Crippen LogP contribution < -0.4 is 10.5 Å². The molecule has 0 amide bonds. The average Bonchev–Trinajstić information content (AvgIpc) is 2.84. The third-order valence-corrected chi connectivity index (χ3v) is 4.48. The molecule has 1 atom stereocenters. The lowest BCUT2D eigenvalue weighted by Crippen LogP contribution is -2.38. The standard InChI is InChI=1S/C18H30N4O/c1-21(2)17(15-8-10-16(23-3)11-9-15)14-20-18(19)22-12-6-4-5-7-13-22/h8-11,17H,4-7,12-14H2,1-3H3,(H2,19,20). The fourth-order valence-electron chi connectivity index (χ4n) is 2.97. The fraction of sp³-hybridized carbons (Fsp3) is 0.611. The van der Waals surface area contributed by atoms with Crippen LogP contribution in [0.15, 0.2) is 29.3 Å². The number of nitrogens with zero attached hydrogens (tertiary/aromatic N) is 3. The van der Waals surface area contributed by atoms with E-state index in [2.05, 4.69) is 41.0 Å². The molecule has 2 rings (SSSR count). The molecule has 2 N–H and O–H groups in total. The predicted octanol–water partition coefficient (Wildman–Crippen LogP) is 2.49. The van der Waals surface area contributed by atoms with Crippen molar-refractivity contribution in [1.82, 2.24) is 9.80 Å².